The van der Waals surface area contributed by atoms with E-state index in [1.165, 1.54) is 13.2 Å². The van der Waals surface area contributed by atoms with Gasteiger partial charge in [-0.05, 0) is 31.0 Å². The third kappa shape index (κ3) is 9.95. The number of methoxy groups -OCH3 is 2. The summed E-state index contributed by atoms with van der Waals surface area (Å²) in [5, 5.41) is 6.25. The van der Waals surface area contributed by atoms with Crippen LogP contribution in [0.1, 0.15) is 18.4 Å². The first-order valence-electron chi connectivity index (χ1n) is 8.73. The van der Waals surface area contributed by atoms with Crippen LogP contribution in [0.2, 0.25) is 0 Å². The summed E-state index contributed by atoms with van der Waals surface area (Å²) in [6.45, 7) is -0.0478. The number of unbranched alkanes of at least 4 members (excludes halogenated alkanes) is 1. The monoisotopic (exact) mass is 389 g/mol. The van der Waals surface area contributed by atoms with Gasteiger partial charge in [0.05, 0.1) is 20.3 Å². The zero-order chi connectivity index (χ0) is 19.9. The van der Waals surface area contributed by atoms with Crippen LogP contribution in [-0.4, -0.2) is 60.2 Å². The Morgan fingerprint density at radius 3 is 2.59 bits per heavy atom. The maximum absolute atomic E-state index is 12.6. The Bertz CT molecular complexity index is 559. The number of hydrogen-bond donors (Lipinski definition) is 2. The summed E-state index contributed by atoms with van der Waals surface area (Å²) in [6, 6.07) is 4.68. The molecule has 1 aromatic rings. The number of nitrogens with one attached hydrogen (secondary N) is 2. The van der Waals surface area contributed by atoms with E-state index in [4.69, 9.17) is 14.2 Å². The number of alkyl halides is 2. The van der Waals surface area contributed by atoms with Crippen molar-refractivity contribution in [3.05, 3.63) is 23.8 Å². The highest BCUT2D eigenvalue weighted by Gasteiger charge is 2.11. The molecule has 0 atom stereocenters. The highest BCUT2D eigenvalue weighted by atomic mass is 19.3. The number of aliphatic imine (C=N–C) groups is 1. The van der Waals surface area contributed by atoms with Crippen molar-refractivity contribution in [3.63, 3.8) is 0 Å². The van der Waals surface area contributed by atoms with E-state index >= 15 is 0 Å². The van der Waals surface area contributed by atoms with Gasteiger partial charge in [0.1, 0.15) is 11.5 Å². The van der Waals surface area contributed by atoms with Crippen molar-refractivity contribution < 1.29 is 27.7 Å². The van der Waals surface area contributed by atoms with Gasteiger partial charge in [-0.1, -0.05) is 0 Å². The van der Waals surface area contributed by atoms with Crippen LogP contribution in [-0.2, 0) is 16.0 Å². The molecule has 9 heteroatoms. The summed E-state index contributed by atoms with van der Waals surface area (Å²) in [4.78, 5) is 4.12. The van der Waals surface area contributed by atoms with Crippen molar-refractivity contribution in [2.45, 2.75) is 26.0 Å². The van der Waals surface area contributed by atoms with Gasteiger partial charge < -0.3 is 29.6 Å². The van der Waals surface area contributed by atoms with Crippen molar-refractivity contribution in [3.8, 4) is 11.5 Å². The molecule has 7 nitrogen and oxygen atoms in total. The summed E-state index contributed by atoms with van der Waals surface area (Å²) < 4.78 is 45.1. The zero-order valence-electron chi connectivity index (χ0n) is 16.1. The maximum Gasteiger partial charge on any atom is 0.387 e. The maximum atomic E-state index is 12.6. The fourth-order valence-corrected chi connectivity index (χ4v) is 2.21. The van der Waals surface area contributed by atoms with Crippen molar-refractivity contribution in [1.82, 2.24) is 10.6 Å². The Morgan fingerprint density at radius 2 is 1.93 bits per heavy atom. The molecule has 1 aromatic carbocycles. The van der Waals surface area contributed by atoms with Crippen molar-refractivity contribution in [2.24, 2.45) is 4.99 Å². The van der Waals surface area contributed by atoms with Gasteiger partial charge in [-0.25, -0.2) is 0 Å². The van der Waals surface area contributed by atoms with Gasteiger partial charge in [0, 0.05) is 39.4 Å². The Labute approximate surface area is 159 Å². The number of rotatable bonds is 13. The number of ether oxygens (including phenoxy) is 4. The van der Waals surface area contributed by atoms with E-state index in [0.29, 0.717) is 43.6 Å². The first-order chi connectivity index (χ1) is 13.1. The molecular weight excluding hydrogens is 360 g/mol. The zero-order valence-corrected chi connectivity index (χ0v) is 16.1. The molecule has 0 heterocycles. The minimum atomic E-state index is -2.89. The molecule has 0 amide bonds. The molecule has 0 saturated carbocycles. The first-order valence-corrected chi connectivity index (χ1v) is 8.73. The second-order valence-electron chi connectivity index (χ2n) is 5.52. The first kappa shape index (κ1) is 22.9. The van der Waals surface area contributed by atoms with Crippen LogP contribution in [0.15, 0.2) is 23.2 Å². The quantitative estimate of drug-likeness (QED) is 0.307. The van der Waals surface area contributed by atoms with Crippen LogP contribution in [0.25, 0.3) is 0 Å². The van der Waals surface area contributed by atoms with Crippen molar-refractivity contribution in [1.29, 1.82) is 0 Å². The van der Waals surface area contributed by atoms with Crippen molar-refractivity contribution in [2.75, 3.05) is 47.6 Å². The van der Waals surface area contributed by atoms with Gasteiger partial charge in [-0.2, -0.15) is 8.78 Å². The lowest BCUT2D eigenvalue weighted by Gasteiger charge is -2.15. The van der Waals surface area contributed by atoms with Gasteiger partial charge in [0.2, 0.25) is 0 Å². The number of hydrogen-bond acceptors (Lipinski definition) is 5. The SMILES string of the molecule is CN=C(NCCCCOCCOC)NCc1cc(OC)ccc1OC(F)F. The minimum absolute atomic E-state index is 0.0990. The highest BCUT2D eigenvalue weighted by Crippen LogP contribution is 2.25. The molecule has 0 spiro atoms. The van der Waals surface area contributed by atoms with Crippen LogP contribution >= 0.6 is 0 Å². The molecule has 0 fully saturated rings. The molecule has 0 aliphatic heterocycles. The number of guanidine groups is 1. The van der Waals surface area contributed by atoms with E-state index in [1.807, 2.05) is 0 Å². The Balaban J connectivity index is 2.41. The fraction of sp³-hybridized carbons (Fsp3) is 0.611. The molecule has 2 N–H and O–H groups in total. The molecule has 0 aromatic heterocycles. The summed E-state index contributed by atoms with van der Waals surface area (Å²) in [5.74, 6) is 1.23. The van der Waals surface area contributed by atoms with E-state index in [2.05, 4.69) is 20.4 Å². The predicted octanol–water partition coefficient (Wildman–Crippen LogP) is 2.40. The lowest BCUT2D eigenvalue weighted by atomic mass is 10.2. The fourth-order valence-electron chi connectivity index (χ4n) is 2.21. The van der Waals surface area contributed by atoms with E-state index in [9.17, 15) is 8.78 Å². The van der Waals surface area contributed by atoms with Crippen molar-refractivity contribution >= 4 is 5.96 Å². The van der Waals surface area contributed by atoms with Gasteiger partial charge in [0.25, 0.3) is 0 Å². The molecule has 0 saturated heterocycles. The topological polar surface area (TPSA) is 73.3 Å². The summed E-state index contributed by atoms with van der Waals surface area (Å²) in [6.07, 6.45) is 1.82. The number of halogens is 2. The molecule has 154 valence electrons. The second-order valence-corrected chi connectivity index (χ2v) is 5.52. The van der Waals surface area contributed by atoms with E-state index in [-0.39, 0.29) is 12.3 Å². The summed E-state index contributed by atoms with van der Waals surface area (Å²) in [5.41, 5.74) is 0.546. The molecule has 0 aliphatic carbocycles. The van der Waals surface area contributed by atoms with Gasteiger partial charge >= 0.3 is 6.61 Å². The standard InChI is InChI=1S/C18H29F2N3O4/c1-21-18(22-8-4-5-9-26-11-10-24-2)23-13-14-12-15(25-3)6-7-16(14)27-17(19)20/h6-7,12,17H,4-5,8-11,13H2,1-3H3,(H2,21,22,23). The molecule has 0 aliphatic rings. The van der Waals surface area contributed by atoms with Crippen LogP contribution in [0.3, 0.4) is 0 Å². The Hall–Kier alpha value is -2.13. The van der Waals surface area contributed by atoms with Gasteiger partial charge in [-0.3, -0.25) is 4.99 Å². The lowest BCUT2D eigenvalue weighted by molar-refractivity contribution is -0.0504. The molecular formula is C18H29F2N3O4. The van der Waals surface area contributed by atoms with E-state index in [1.54, 1.807) is 26.3 Å². The molecule has 0 radical (unpaired) electrons. The van der Waals surface area contributed by atoms with Gasteiger partial charge in [0.15, 0.2) is 5.96 Å². The average Bonchev–Trinajstić information content (AvgIpc) is 2.66. The Kier molecular flexibility index (Phi) is 11.9. The molecule has 0 bridgehead atoms. The Morgan fingerprint density at radius 1 is 1.11 bits per heavy atom. The second kappa shape index (κ2) is 14.0. The van der Waals surface area contributed by atoms with Gasteiger partial charge in [-0.15, -0.1) is 0 Å². The number of nitrogens with zero attached hydrogens (tertiary/aromatic N) is 1. The van der Waals surface area contributed by atoms with Crippen LogP contribution in [0.4, 0.5) is 8.78 Å². The van der Waals surface area contributed by atoms with E-state index < -0.39 is 6.61 Å². The number of benzene rings is 1. The van der Waals surface area contributed by atoms with E-state index in [0.717, 1.165) is 12.8 Å². The molecule has 1 rings (SSSR count). The lowest BCUT2D eigenvalue weighted by Crippen LogP contribution is -2.37. The normalized spacial score (nSPS) is 11.6. The molecule has 27 heavy (non-hydrogen) atoms. The summed E-state index contributed by atoms with van der Waals surface area (Å²) >= 11 is 0. The third-order valence-corrected chi connectivity index (χ3v) is 3.59. The highest BCUT2D eigenvalue weighted by molar-refractivity contribution is 5.79. The van der Waals surface area contributed by atoms with Crippen LogP contribution in [0.5, 0.6) is 11.5 Å². The predicted molar refractivity (Wildman–Crippen MR) is 99.8 cm³/mol. The third-order valence-electron chi connectivity index (χ3n) is 3.59. The van der Waals surface area contributed by atoms with Crippen LogP contribution < -0.4 is 20.1 Å². The van der Waals surface area contributed by atoms with Crippen LogP contribution in [0, 0.1) is 0 Å². The largest absolute Gasteiger partial charge is 0.497 e. The minimum Gasteiger partial charge on any atom is -0.497 e. The smallest absolute Gasteiger partial charge is 0.387 e. The molecule has 0 unspecified atom stereocenters. The average molecular weight is 389 g/mol. The summed E-state index contributed by atoms with van der Waals surface area (Å²) in [7, 11) is 4.80.